The van der Waals surface area contributed by atoms with Crippen molar-refractivity contribution in [1.29, 1.82) is 0 Å². The Bertz CT molecular complexity index is 1750. The third kappa shape index (κ3) is 4.75. The summed E-state index contributed by atoms with van der Waals surface area (Å²) in [5, 5.41) is 7.52. The van der Waals surface area contributed by atoms with Crippen molar-refractivity contribution in [2.75, 3.05) is 10.6 Å². The third-order valence-electron chi connectivity index (χ3n) is 7.47. The van der Waals surface area contributed by atoms with E-state index in [0.717, 1.165) is 46.1 Å². The van der Waals surface area contributed by atoms with Gasteiger partial charge in [0.15, 0.2) is 9.84 Å². The van der Waals surface area contributed by atoms with Gasteiger partial charge in [-0.05, 0) is 86.7 Å². The standard InChI is InChI=1S/C31H30N4O3S/c1-5-31(6-2)26-13-7-21(17-28(26)35-30(31)36)8-14-27-25-18-29(33-19-22(25)15-16-32-27)34-23-9-11-24(12-10-23)39(37,38)20(3)4/h7,9-13,15-20H,5-6H2,1-4H3,(H,33,34)(H,35,36). The fourth-order valence-corrected chi connectivity index (χ4v) is 6.03. The zero-order valence-corrected chi connectivity index (χ0v) is 23.2. The number of pyridine rings is 2. The molecule has 39 heavy (non-hydrogen) atoms. The van der Waals surface area contributed by atoms with Crippen molar-refractivity contribution in [1.82, 2.24) is 9.97 Å². The molecule has 0 bridgehead atoms. The molecule has 7 nitrogen and oxygen atoms in total. The summed E-state index contributed by atoms with van der Waals surface area (Å²) in [5.41, 5.74) is 3.50. The molecule has 0 saturated carbocycles. The van der Waals surface area contributed by atoms with E-state index in [1.165, 1.54) is 0 Å². The molecule has 2 aromatic heterocycles. The normalized spacial score (nSPS) is 14.0. The van der Waals surface area contributed by atoms with Crippen molar-refractivity contribution in [2.45, 2.75) is 56.1 Å². The van der Waals surface area contributed by atoms with Crippen molar-refractivity contribution >= 4 is 43.7 Å². The summed E-state index contributed by atoms with van der Waals surface area (Å²) in [4.78, 5) is 22.0. The van der Waals surface area contributed by atoms with E-state index in [1.807, 2.05) is 44.2 Å². The average Bonchev–Trinajstić information content (AvgIpc) is 3.22. The first kappa shape index (κ1) is 26.4. The van der Waals surface area contributed by atoms with Crippen molar-refractivity contribution in [3.8, 4) is 11.8 Å². The molecule has 0 unspecified atom stereocenters. The van der Waals surface area contributed by atoms with Gasteiger partial charge in [0.1, 0.15) is 11.5 Å². The van der Waals surface area contributed by atoms with Crippen molar-refractivity contribution in [3.05, 3.63) is 83.8 Å². The van der Waals surface area contributed by atoms with E-state index >= 15 is 0 Å². The number of amides is 1. The molecular formula is C31H30N4O3S. The summed E-state index contributed by atoms with van der Waals surface area (Å²) in [5.74, 6) is 7.02. The first-order valence-electron chi connectivity index (χ1n) is 13.0. The van der Waals surface area contributed by atoms with Crippen LogP contribution in [0.1, 0.15) is 57.4 Å². The molecule has 0 aliphatic carbocycles. The second-order valence-electron chi connectivity index (χ2n) is 9.95. The van der Waals surface area contributed by atoms with Gasteiger partial charge in [-0.2, -0.15) is 0 Å². The highest BCUT2D eigenvalue weighted by atomic mass is 32.2. The lowest BCUT2D eigenvalue weighted by Crippen LogP contribution is -2.32. The van der Waals surface area contributed by atoms with Gasteiger partial charge in [0.05, 0.1) is 15.6 Å². The quantitative estimate of drug-likeness (QED) is 0.294. The van der Waals surface area contributed by atoms with Gasteiger partial charge in [-0.1, -0.05) is 25.8 Å². The summed E-state index contributed by atoms with van der Waals surface area (Å²) in [7, 11) is -3.33. The molecule has 0 spiro atoms. The van der Waals surface area contributed by atoms with Crippen molar-refractivity contribution < 1.29 is 13.2 Å². The Labute approximate surface area is 229 Å². The van der Waals surface area contributed by atoms with Crippen LogP contribution in [0.2, 0.25) is 0 Å². The van der Waals surface area contributed by atoms with Gasteiger partial charge in [-0.15, -0.1) is 0 Å². The van der Waals surface area contributed by atoms with Gasteiger partial charge < -0.3 is 10.6 Å². The Balaban J connectivity index is 1.43. The minimum absolute atomic E-state index is 0.0482. The minimum atomic E-state index is -3.33. The second kappa shape index (κ2) is 10.2. The van der Waals surface area contributed by atoms with Crippen LogP contribution in [0.4, 0.5) is 17.2 Å². The number of nitrogens with zero attached hydrogens (tertiary/aromatic N) is 2. The maximum atomic E-state index is 12.7. The molecule has 2 aromatic carbocycles. The Hall–Kier alpha value is -4.22. The van der Waals surface area contributed by atoms with E-state index in [2.05, 4.69) is 32.4 Å². The second-order valence-corrected chi connectivity index (χ2v) is 12.5. The number of nitrogens with one attached hydrogen (secondary N) is 2. The topological polar surface area (TPSA) is 101 Å². The predicted molar refractivity (Wildman–Crippen MR) is 155 cm³/mol. The molecule has 1 aliphatic rings. The number of hydrogen-bond acceptors (Lipinski definition) is 6. The van der Waals surface area contributed by atoms with Gasteiger partial charge in [-0.3, -0.25) is 4.79 Å². The zero-order valence-electron chi connectivity index (χ0n) is 22.4. The lowest BCUT2D eigenvalue weighted by Gasteiger charge is -2.23. The number of rotatable bonds is 6. The number of carbonyl (C=O) groups excluding carboxylic acids is 1. The molecule has 5 rings (SSSR count). The monoisotopic (exact) mass is 538 g/mol. The Kier molecular flexibility index (Phi) is 6.87. The molecule has 2 N–H and O–H groups in total. The maximum Gasteiger partial charge on any atom is 0.235 e. The van der Waals surface area contributed by atoms with Crippen LogP contribution >= 0.6 is 0 Å². The molecule has 4 aromatic rings. The average molecular weight is 539 g/mol. The summed E-state index contributed by atoms with van der Waals surface area (Å²) >= 11 is 0. The van der Waals surface area contributed by atoms with E-state index in [4.69, 9.17) is 0 Å². The number of fused-ring (bicyclic) bond motifs is 2. The predicted octanol–water partition coefficient (Wildman–Crippen LogP) is 5.97. The zero-order chi connectivity index (χ0) is 27.8. The Morgan fingerprint density at radius 2 is 1.72 bits per heavy atom. The van der Waals surface area contributed by atoms with E-state index in [-0.39, 0.29) is 10.8 Å². The number of sulfone groups is 1. The van der Waals surface area contributed by atoms with Gasteiger partial charge in [-0.25, -0.2) is 18.4 Å². The van der Waals surface area contributed by atoms with Crippen LogP contribution in [0.15, 0.2) is 71.9 Å². The SMILES string of the molecule is CCC1(CC)C(=O)Nc2cc(C#Cc3nccc4cnc(Nc5ccc(S(=O)(=O)C(C)C)cc5)cc34)ccc21. The van der Waals surface area contributed by atoms with Gasteiger partial charge >= 0.3 is 0 Å². The van der Waals surface area contributed by atoms with Crippen LogP contribution in [-0.4, -0.2) is 29.5 Å². The summed E-state index contributed by atoms with van der Waals surface area (Å²) in [6.07, 6.45) is 4.95. The van der Waals surface area contributed by atoms with E-state index in [1.54, 1.807) is 50.5 Å². The van der Waals surface area contributed by atoms with Crippen molar-refractivity contribution in [2.24, 2.45) is 0 Å². The molecule has 0 radical (unpaired) electrons. The molecule has 1 aliphatic heterocycles. The van der Waals surface area contributed by atoms with Gasteiger partial charge in [0.25, 0.3) is 0 Å². The van der Waals surface area contributed by atoms with Crippen LogP contribution < -0.4 is 10.6 Å². The van der Waals surface area contributed by atoms with E-state index in [9.17, 15) is 13.2 Å². The fourth-order valence-electron chi connectivity index (χ4n) is 4.97. The van der Waals surface area contributed by atoms with Crippen LogP contribution in [0, 0.1) is 11.8 Å². The molecule has 8 heteroatoms. The molecule has 0 saturated heterocycles. The molecule has 3 heterocycles. The van der Waals surface area contributed by atoms with Crippen molar-refractivity contribution in [3.63, 3.8) is 0 Å². The van der Waals surface area contributed by atoms with E-state index < -0.39 is 20.5 Å². The number of anilines is 3. The van der Waals surface area contributed by atoms with Gasteiger partial charge in [0.2, 0.25) is 5.91 Å². The third-order valence-corrected chi connectivity index (χ3v) is 9.64. The molecule has 198 valence electrons. The number of carbonyl (C=O) groups is 1. The largest absolute Gasteiger partial charge is 0.340 e. The Morgan fingerprint density at radius 3 is 2.41 bits per heavy atom. The lowest BCUT2D eigenvalue weighted by molar-refractivity contribution is -0.121. The summed E-state index contributed by atoms with van der Waals surface area (Å²) in [6.45, 7) is 7.42. The summed E-state index contributed by atoms with van der Waals surface area (Å²) < 4.78 is 24.8. The highest BCUT2D eigenvalue weighted by Gasteiger charge is 2.43. The first-order chi connectivity index (χ1) is 18.7. The summed E-state index contributed by atoms with van der Waals surface area (Å²) in [6, 6.07) is 16.3. The highest BCUT2D eigenvalue weighted by Crippen LogP contribution is 2.42. The van der Waals surface area contributed by atoms with Crippen LogP contribution in [0.25, 0.3) is 10.8 Å². The smallest absolute Gasteiger partial charge is 0.235 e. The minimum Gasteiger partial charge on any atom is -0.340 e. The Morgan fingerprint density at radius 1 is 0.974 bits per heavy atom. The molecule has 0 atom stereocenters. The lowest BCUT2D eigenvalue weighted by atomic mass is 9.77. The van der Waals surface area contributed by atoms with Crippen LogP contribution in [-0.2, 0) is 20.0 Å². The number of benzene rings is 2. The first-order valence-corrected chi connectivity index (χ1v) is 14.6. The van der Waals surface area contributed by atoms with E-state index in [0.29, 0.717) is 11.5 Å². The highest BCUT2D eigenvalue weighted by molar-refractivity contribution is 7.92. The molecule has 0 fully saturated rings. The van der Waals surface area contributed by atoms with Gasteiger partial charge in [0, 0.05) is 40.1 Å². The molecule has 1 amide bonds. The molecular weight excluding hydrogens is 508 g/mol. The van der Waals surface area contributed by atoms with Crippen LogP contribution in [0.3, 0.4) is 0 Å². The number of aromatic nitrogens is 2. The fraction of sp³-hybridized carbons (Fsp3) is 0.258. The van der Waals surface area contributed by atoms with Crippen LogP contribution in [0.5, 0.6) is 0 Å². The maximum absolute atomic E-state index is 12.7. The number of hydrogen-bond donors (Lipinski definition) is 2.